The molecule has 21 heavy (non-hydrogen) atoms. The lowest BCUT2D eigenvalue weighted by Gasteiger charge is -2.25. The summed E-state index contributed by atoms with van der Waals surface area (Å²) in [7, 11) is -3.29. The van der Waals surface area contributed by atoms with Crippen molar-refractivity contribution in [1.29, 1.82) is 0 Å². The van der Waals surface area contributed by atoms with Crippen molar-refractivity contribution < 1.29 is 8.42 Å². The van der Waals surface area contributed by atoms with Gasteiger partial charge >= 0.3 is 0 Å². The third-order valence-corrected chi connectivity index (χ3v) is 6.42. The van der Waals surface area contributed by atoms with Crippen molar-refractivity contribution in [3.05, 3.63) is 66.2 Å². The van der Waals surface area contributed by atoms with Crippen LogP contribution in [0, 0.1) is 0 Å². The highest BCUT2D eigenvalue weighted by atomic mass is 32.2. The fourth-order valence-electron chi connectivity index (χ4n) is 2.42. The van der Waals surface area contributed by atoms with E-state index in [4.69, 9.17) is 0 Å². The molecule has 0 aromatic heterocycles. The fourth-order valence-corrected chi connectivity index (χ4v) is 3.98. The standard InChI is InChI=1S/C18H22O2S/c1-18(2,15-9-12-16-10-5-3-6-11-16)21(19,20)17-13-7-4-8-14-17/h3-8,10-11,13-14H,9,12,15H2,1-2H3. The number of hydrogen-bond donors (Lipinski definition) is 0. The third kappa shape index (κ3) is 3.73. The van der Waals surface area contributed by atoms with Crippen LogP contribution in [-0.2, 0) is 16.3 Å². The number of benzene rings is 2. The van der Waals surface area contributed by atoms with Crippen LogP contribution < -0.4 is 0 Å². The van der Waals surface area contributed by atoms with Gasteiger partial charge in [0.15, 0.2) is 9.84 Å². The zero-order valence-electron chi connectivity index (χ0n) is 12.6. The lowest BCUT2D eigenvalue weighted by atomic mass is 10.0. The van der Waals surface area contributed by atoms with Crippen LogP contribution in [0.25, 0.3) is 0 Å². The molecule has 0 aliphatic carbocycles. The molecule has 0 fully saturated rings. The molecule has 2 aromatic rings. The Kier molecular flexibility index (Phi) is 4.84. The first-order chi connectivity index (χ1) is 9.93. The van der Waals surface area contributed by atoms with Gasteiger partial charge in [-0.05, 0) is 50.8 Å². The van der Waals surface area contributed by atoms with Crippen molar-refractivity contribution in [3.8, 4) is 0 Å². The second-order valence-electron chi connectivity index (χ2n) is 5.92. The Bertz CT molecular complexity index is 659. The van der Waals surface area contributed by atoms with E-state index in [9.17, 15) is 8.42 Å². The fraction of sp³-hybridized carbons (Fsp3) is 0.333. The molecule has 0 amide bonds. The Hall–Kier alpha value is -1.61. The lowest BCUT2D eigenvalue weighted by Crippen LogP contribution is -2.32. The van der Waals surface area contributed by atoms with Crippen molar-refractivity contribution in [2.24, 2.45) is 0 Å². The third-order valence-electron chi connectivity index (χ3n) is 3.87. The summed E-state index contributed by atoms with van der Waals surface area (Å²) in [4.78, 5) is 0.412. The molecule has 112 valence electrons. The summed E-state index contributed by atoms with van der Waals surface area (Å²) >= 11 is 0. The Balaban J connectivity index is 2.04. The maximum atomic E-state index is 12.7. The first-order valence-electron chi connectivity index (χ1n) is 7.27. The number of aryl methyl sites for hydroxylation is 1. The van der Waals surface area contributed by atoms with Crippen LogP contribution in [0.5, 0.6) is 0 Å². The van der Waals surface area contributed by atoms with Crippen molar-refractivity contribution in [2.45, 2.75) is 42.8 Å². The summed E-state index contributed by atoms with van der Waals surface area (Å²) in [5, 5.41) is 0. The molecule has 2 nitrogen and oxygen atoms in total. The van der Waals surface area contributed by atoms with Gasteiger partial charge < -0.3 is 0 Å². The number of rotatable bonds is 6. The monoisotopic (exact) mass is 302 g/mol. The van der Waals surface area contributed by atoms with E-state index in [-0.39, 0.29) is 0 Å². The quantitative estimate of drug-likeness (QED) is 0.799. The zero-order chi connectivity index (χ0) is 15.3. The molecular weight excluding hydrogens is 280 g/mol. The molecule has 0 N–H and O–H groups in total. The van der Waals surface area contributed by atoms with Gasteiger partial charge in [0, 0.05) is 0 Å². The van der Waals surface area contributed by atoms with Gasteiger partial charge in [0.2, 0.25) is 0 Å². The Morgan fingerprint density at radius 1 is 0.857 bits per heavy atom. The molecule has 0 aliphatic rings. The number of sulfone groups is 1. The van der Waals surface area contributed by atoms with Crippen molar-refractivity contribution in [1.82, 2.24) is 0 Å². The van der Waals surface area contributed by atoms with Gasteiger partial charge in [0.05, 0.1) is 9.64 Å². The molecule has 0 bridgehead atoms. The Labute approximate surface area is 127 Å². The van der Waals surface area contributed by atoms with E-state index in [0.717, 1.165) is 12.8 Å². The van der Waals surface area contributed by atoms with E-state index in [1.807, 2.05) is 38.1 Å². The van der Waals surface area contributed by atoms with Crippen LogP contribution in [0.1, 0.15) is 32.3 Å². The summed E-state index contributed by atoms with van der Waals surface area (Å²) in [6, 6.07) is 18.9. The highest BCUT2D eigenvalue weighted by Crippen LogP contribution is 2.29. The first kappa shape index (κ1) is 15.8. The zero-order valence-corrected chi connectivity index (χ0v) is 13.4. The minimum Gasteiger partial charge on any atom is -0.223 e. The molecule has 2 aromatic carbocycles. The van der Waals surface area contributed by atoms with Gasteiger partial charge in [-0.15, -0.1) is 0 Å². The predicted octanol–water partition coefficient (Wildman–Crippen LogP) is 4.26. The van der Waals surface area contributed by atoms with Crippen LogP contribution in [-0.4, -0.2) is 13.2 Å². The summed E-state index contributed by atoms with van der Waals surface area (Å²) in [6.45, 7) is 3.64. The van der Waals surface area contributed by atoms with Gasteiger partial charge in [-0.1, -0.05) is 48.5 Å². The smallest absolute Gasteiger partial charge is 0.183 e. The Morgan fingerprint density at radius 2 is 1.38 bits per heavy atom. The van der Waals surface area contributed by atoms with Crippen molar-refractivity contribution in [3.63, 3.8) is 0 Å². The molecule has 0 saturated heterocycles. The molecular formula is C18H22O2S. The summed E-state index contributed by atoms with van der Waals surface area (Å²) in [6.07, 6.45) is 2.43. The average Bonchev–Trinajstić information content (AvgIpc) is 2.49. The minimum absolute atomic E-state index is 0.412. The molecule has 0 atom stereocenters. The molecule has 0 unspecified atom stereocenters. The van der Waals surface area contributed by atoms with E-state index >= 15 is 0 Å². The van der Waals surface area contributed by atoms with E-state index < -0.39 is 14.6 Å². The molecule has 0 saturated carbocycles. The van der Waals surface area contributed by atoms with Gasteiger partial charge in [0.1, 0.15) is 0 Å². The van der Waals surface area contributed by atoms with E-state index in [1.54, 1.807) is 24.3 Å². The van der Waals surface area contributed by atoms with Gasteiger partial charge in [-0.3, -0.25) is 0 Å². The van der Waals surface area contributed by atoms with E-state index in [2.05, 4.69) is 12.1 Å². The average molecular weight is 302 g/mol. The van der Waals surface area contributed by atoms with E-state index in [0.29, 0.717) is 11.3 Å². The summed E-state index contributed by atoms with van der Waals surface area (Å²) in [5.41, 5.74) is 1.26. The second-order valence-corrected chi connectivity index (χ2v) is 8.50. The normalized spacial score (nSPS) is 12.3. The van der Waals surface area contributed by atoms with Crippen LogP contribution in [0.2, 0.25) is 0 Å². The van der Waals surface area contributed by atoms with Crippen LogP contribution in [0.4, 0.5) is 0 Å². The highest BCUT2D eigenvalue weighted by Gasteiger charge is 2.34. The second kappa shape index (κ2) is 6.44. The molecule has 2 rings (SSSR count). The van der Waals surface area contributed by atoms with Gasteiger partial charge in [0.25, 0.3) is 0 Å². The molecule has 0 radical (unpaired) electrons. The summed E-state index contributed by atoms with van der Waals surface area (Å²) in [5.74, 6) is 0. The molecule has 0 aliphatic heterocycles. The lowest BCUT2D eigenvalue weighted by molar-refractivity contribution is 0.515. The Morgan fingerprint density at radius 3 is 1.95 bits per heavy atom. The van der Waals surface area contributed by atoms with E-state index in [1.165, 1.54) is 5.56 Å². The van der Waals surface area contributed by atoms with Crippen molar-refractivity contribution in [2.75, 3.05) is 0 Å². The van der Waals surface area contributed by atoms with Crippen molar-refractivity contribution >= 4 is 9.84 Å². The molecule has 0 heterocycles. The number of hydrogen-bond acceptors (Lipinski definition) is 2. The largest absolute Gasteiger partial charge is 0.223 e. The first-order valence-corrected chi connectivity index (χ1v) is 8.75. The van der Waals surface area contributed by atoms with Crippen LogP contribution in [0.15, 0.2) is 65.6 Å². The maximum absolute atomic E-state index is 12.7. The topological polar surface area (TPSA) is 34.1 Å². The minimum atomic E-state index is -3.29. The maximum Gasteiger partial charge on any atom is 0.183 e. The molecule has 0 spiro atoms. The predicted molar refractivity (Wildman–Crippen MR) is 87.1 cm³/mol. The highest BCUT2D eigenvalue weighted by molar-refractivity contribution is 7.92. The van der Waals surface area contributed by atoms with Crippen LogP contribution >= 0.6 is 0 Å². The SMILES string of the molecule is CC(C)(CCCc1ccccc1)S(=O)(=O)c1ccccc1. The van der Waals surface area contributed by atoms with Crippen LogP contribution in [0.3, 0.4) is 0 Å². The molecule has 3 heteroatoms. The van der Waals surface area contributed by atoms with Gasteiger partial charge in [-0.25, -0.2) is 8.42 Å². The van der Waals surface area contributed by atoms with Gasteiger partial charge in [-0.2, -0.15) is 0 Å². The summed E-state index contributed by atoms with van der Waals surface area (Å²) < 4.78 is 24.6.